The first-order valence-corrected chi connectivity index (χ1v) is 9.58. The molecule has 0 bridgehead atoms. The van der Waals surface area contributed by atoms with Crippen LogP contribution in [-0.4, -0.2) is 33.1 Å². The van der Waals surface area contributed by atoms with Crippen LogP contribution >= 0.6 is 0 Å². The quantitative estimate of drug-likeness (QED) is 0.704. The van der Waals surface area contributed by atoms with E-state index in [9.17, 15) is 4.39 Å². The molecule has 1 aliphatic heterocycles. The monoisotopic (exact) mass is 379 g/mol. The highest BCUT2D eigenvalue weighted by molar-refractivity contribution is 5.76. The summed E-state index contributed by atoms with van der Waals surface area (Å²) >= 11 is 0. The summed E-state index contributed by atoms with van der Waals surface area (Å²) in [5, 5.41) is 3.46. The maximum absolute atomic E-state index is 13.3. The minimum Gasteiger partial charge on any atom is -0.340 e. The first-order valence-electron chi connectivity index (χ1n) is 9.58. The third-order valence-corrected chi connectivity index (χ3v) is 4.84. The molecule has 28 heavy (non-hydrogen) atoms. The number of fused-ring (bicyclic) bond motifs is 1. The van der Waals surface area contributed by atoms with Gasteiger partial charge in [-0.25, -0.2) is 9.37 Å². The van der Waals surface area contributed by atoms with Crippen molar-refractivity contribution in [2.45, 2.75) is 32.5 Å². The molecule has 5 nitrogen and oxygen atoms in total. The second-order valence-electron chi connectivity index (χ2n) is 8.07. The van der Waals surface area contributed by atoms with Crippen molar-refractivity contribution in [3.63, 3.8) is 0 Å². The molecule has 0 amide bonds. The number of benzene rings is 2. The molecule has 2 heterocycles. The van der Waals surface area contributed by atoms with Gasteiger partial charge in [0, 0.05) is 36.4 Å². The lowest BCUT2D eigenvalue weighted by molar-refractivity contribution is 0.182. The number of nitrogens with zero attached hydrogens (tertiary/aromatic N) is 3. The van der Waals surface area contributed by atoms with Gasteiger partial charge in [0.05, 0.1) is 6.54 Å². The molecule has 1 aliphatic rings. The van der Waals surface area contributed by atoms with Gasteiger partial charge in [-0.05, 0) is 38.1 Å². The summed E-state index contributed by atoms with van der Waals surface area (Å²) < 4.78 is 15.5. The number of hydrogen-bond acceptors (Lipinski definition) is 4. The fourth-order valence-corrected chi connectivity index (χ4v) is 3.69. The normalized spacial score (nSPS) is 14.7. The van der Waals surface area contributed by atoms with E-state index in [4.69, 9.17) is 10.7 Å². The number of nitrogens with two attached hydrogens (primary N) is 1. The van der Waals surface area contributed by atoms with Crippen LogP contribution in [0.5, 0.6) is 0 Å². The molecule has 0 saturated carbocycles. The maximum atomic E-state index is 13.3. The molecule has 6 heteroatoms. The van der Waals surface area contributed by atoms with Gasteiger partial charge >= 0.3 is 0 Å². The second kappa shape index (κ2) is 7.37. The molecule has 0 atom stereocenters. The van der Waals surface area contributed by atoms with E-state index in [0.717, 1.165) is 54.8 Å². The van der Waals surface area contributed by atoms with Crippen LogP contribution in [-0.2, 0) is 13.1 Å². The Bertz CT molecular complexity index is 942. The predicted octanol–water partition coefficient (Wildman–Crippen LogP) is 3.99. The minimum absolute atomic E-state index is 0.244. The zero-order valence-electron chi connectivity index (χ0n) is 16.3. The lowest BCUT2D eigenvalue weighted by Crippen LogP contribution is -2.47. The molecule has 3 N–H and O–H groups in total. The lowest BCUT2D eigenvalue weighted by atomic mass is 10.1. The number of anilines is 2. The van der Waals surface area contributed by atoms with E-state index in [1.54, 1.807) is 12.1 Å². The molecule has 0 saturated heterocycles. The first-order chi connectivity index (χ1) is 13.4. The van der Waals surface area contributed by atoms with Crippen LogP contribution < -0.4 is 11.1 Å². The van der Waals surface area contributed by atoms with Gasteiger partial charge in [-0.3, -0.25) is 4.90 Å². The fraction of sp³-hybridized carbons (Fsp3) is 0.318. The van der Waals surface area contributed by atoms with Crippen LogP contribution in [0.1, 0.15) is 19.7 Å². The highest BCUT2D eigenvalue weighted by atomic mass is 19.1. The van der Waals surface area contributed by atoms with E-state index in [1.807, 2.05) is 32.0 Å². The standard InChI is InChI=1S/C22H26FN5/c1-22(2,24)15-27-12-13-28-19(14-27)26-20(16-6-4-3-5-7-16)21(28)25-18-10-8-17(23)9-11-18/h3-11,25H,12-15,24H2,1-2H3. The molecule has 0 fully saturated rings. The fourth-order valence-electron chi connectivity index (χ4n) is 3.69. The molecule has 0 unspecified atom stereocenters. The van der Waals surface area contributed by atoms with E-state index in [0.29, 0.717) is 0 Å². The van der Waals surface area contributed by atoms with Crippen molar-refractivity contribution in [3.05, 3.63) is 66.2 Å². The highest BCUT2D eigenvalue weighted by Crippen LogP contribution is 2.33. The Kier molecular flexibility index (Phi) is 4.91. The van der Waals surface area contributed by atoms with E-state index in [2.05, 4.69) is 26.9 Å². The van der Waals surface area contributed by atoms with Gasteiger partial charge in [-0.2, -0.15) is 0 Å². The average Bonchev–Trinajstić information content (AvgIpc) is 3.01. The SMILES string of the molecule is CC(C)(N)CN1CCn2c(nc(-c3ccccc3)c2Nc2ccc(F)cc2)C1. The van der Waals surface area contributed by atoms with E-state index >= 15 is 0 Å². The van der Waals surface area contributed by atoms with Crippen LogP contribution in [0.2, 0.25) is 0 Å². The Hall–Kier alpha value is -2.70. The molecular weight excluding hydrogens is 353 g/mol. The van der Waals surface area contributed by atoms with Gasteiger partial charge in [0.1, 0.15) is 23.2 Å². The summed E-state index contributed by atoms with van der Waals surface area (Å²) in [4.78, 5) is 7.30. The van der Waals surface area contributed by atoms with Gasteiger partial charge in [-0.15, -0.1) is 0 Å². The highest BCUT2D eigenvalue weighted by Gasteiger charge is 2.26. The molecule has 0 spiro atoms. The Morgan fingerprint density at radius 1 is 1.07 bits per heavy atom. The van der Waals surface area contributed by atoms with Gasteiger partial charge in [0.2, 0.25) is 0 Å². The molecule has 4 rings (SSSR count). The van der Waals surface area contributed by atoms with Crippen LogP contribution in [0, 0.1) is 5.82 Å². The Morgan fingerprint density at radius 3 is 2.46 bits per heavy atom. The lowest BCUT2D eigenvalue weighted by Gasteiger charge is -2.33. The van der Waals surface area contributed by atoms with Gasteiger partial charge in [0.25, 0.3) is 0 Å². The van der Waals surface area contributed by atoms with E-state index < -0.39 is 0 Å². The van der Waals surface area contributed by atoms with Crippen molar-refractivity contribution < 1.29 is 4.39 Å². The van der Waals surface area contributed by atoms with Crippen molar-refractivity contribution in [2.24, 2.45) is 5.73 Å². The number of hydrogen-bond donors (Lipinski definition) is 2. The van der Waals surface area contributed by atoms with Crippen LogP contribution in [0.3, 0.4) is 0 Å². The summed E-state index contributed by atoms with van der Waals surface area (Å²) in [6.45, 7) is 7.41. The second-order valence-corrected chi connectivity index (χ2v) is 8.07. The third kappa shape index (κ3) is 4.08. The predicted molar refractivity (Wildman–Crippen MR) is 111 cm³/mol. The minimum atomic E-state index is -0.246. The van der Waals surface area contributed by atoms with Gasteiger partial charge in [-0.1, -0.05) is 30.3 Å². The summed E-state index contributed by atoms with van der Waals surface area (Å²) in [6, 6.07) is 16.6. The van der Waals surface area contributed by atoms with Crippen LogP contribution in [0.4, 0.5) is 15.9 Å². The Balaban J connectivity index is 1.71. The zero-order valence-corrected chi connectivity index (χ0v) is 16.3. The first kappa shape index (κ1) is 18.7. The summed E-state index contributed by atoms with van der Waals surface area (Å²) in [5.74, 6) is 1.71. The molecule has 146 valence electrons. The van der Waals surface area contributed by atoms with E-state index in [-0.39, 0.29) is 11.4 Å². The third-order valence-electron chi connectivity index (χ3n) is 4.84. The number of aromatic nitrogens is 2. The number of rotatable bonds is 5. The number of halogens is 1. The van der Waals surface area contributed by atoms with Crippen LogP contribution in [0.15, 0.2) is 54.6 Å². The molecule has 0 radical (unpaired) electrons. The molecule has 0 aliphatic carbocycles. The van der Waals surface area contributed by atoms with Crippen molar-refractivity contribution >= 4 is 11.5 Å². The Morgan fingerprint density at radius 2 is 1.79 bits per heavy atom. The van der Waals surface area contributed by atoms with Crippen molar-refractivity contribution in [1.82, 2.24) is 14.5 Å². The largest absolute Gasteiger partial charge is 0.340 e. The van der Waals surface area contributed by atoms with E-state index in [1.165, 1.54) is 12.1 Å². The maximum Gasteiger partial charge on any atom is 0.138 e. The van der Waals surface area contributed by atoms with Crippen molar-refractivity contribution in [1.29, 1.82) is 0 Å². The molecule has 3 aromatic rings. The smallest absolute Gasteiger partial charge is 0.138 e. The summed E-state index contributed by atoms with van der Waals surface area (Å²) in [5.41, 5.74) is 8.78. The topological polar surface area (TPSA) is 59.1 Å². The summed E-state index contributed by atoms with van der Waals surface area (Å²) in [6.07, 6.45) is 0. The molecule has 2 aromatic carbocycles. The zero-order chi connectivity index (χ0) is 19.7. The Labute approximate surface area is 165 Å². The van der Waals surface area contributed by atoms with Gasteiger partial charge < -0.3 is 15.6 Å². The van der Waals surface area contributed by atoms with Crippen molar-refractivity contribution in [3.8, 4) is 11.3 Å². The molecule has 1 aromatic heterocycles. The van der Waals surface area contributed by atoms with Crippen molar-refractivity contribution in [2.75, 3.05) is 18.4 Å². The number of imidazole rings is 1. The summed E-state index contributed by atoms with van der Waals surface area (Å²) in [7, 11) is 0. The average molecular weight is 379 g/mol. The van der Waals surface area contributed by atoms with Crippen LogP contribution in [0.25, 0.3) is 11.3 Å². The molecular formula is C22H26FN5. The van der Waals surface area contributed by atoms with Gasteiger partial charge in [0.15, 0.2) is 0 Å². The number of nitrogens with one attached hydrogen (secondary N) is 1.